The molecule has 1 aliphatic heterocycles. The van der Waals surface area contributed by atoms with Crippen molar-refractivity contribution in [3.63, 3.8) is 0 Å². The average molecular weight is 315 g/mol. The number of hydrogen-bond acceptors (Lipinski definition) is 4. The Morgan fingerprint density at radius 3 is 2.95 bits per heavy atom. The Bertz CT molecular complexity index is 607. The molecule has 0 atom stereocenters. The second-order valence-corrected chi connectivity index (χ2v) is 7.52. The summed E-state index contributed by atoms with van der Waals surface area (Å²) in [7, 11) is 2.19. The van der Waals surface area contributed by atoms with Crippen molar-refractivity contribution in [1.29, 1.82) is 0 Å². The monoisotopic (exact) mass is 315 g/mol. The van der Waals surface area contributed by atoms with E-state index in [0.29, 0.717) is 6.04 Å². The Balaban J connectivity index is 1.72. The van der Waals surface area contributed by atoms with E-state index in [-0.39, 0.29) is 0 Å². The highest BCUT2D eigenvalue weighted by molar-refractivity contribution is 7.09. The summed E-state index contributed by atoms with van der Waals surface area (Å²) in [5.74, 6) is 0. The van der Waals surface area contributed by atoms with Crippen LogP contribution in [0.4, 0.5) is 0 Å². The van der Waals surface area contributed by atoms with E-state index in [0.717, 1.165) is 32.6 Å². The summed E-state index contributed by atoms with van der Waals surface area (Å²) in [6.07, 6.45) is 5.27. The maximum absolute atomic E-state index is 4.49. The van der Waals surface area contributed by atoms with Crippen LogP contribution in [-0.2, 0) is 26.1 Å². The first kappa shape index (κ1) is 15.7. The zero-order valence-corrected chi connectivity index (χ0v) is 14.6. The normalized spacial score (nSPS) is 15.5. The highest BCUT2D eigenvalue weighted by atomic mass is 32.1. The molecule has 0 unspecified atom stereocenters. The third-order valence-electron chi connectivity index (χ3n) is 4.57. The fraction of sp³-hybridized carbons (Fsp3) is 0.500. The van der Waals surface area contributed by atoms with E-state index in [2.05, 4.69) is 65.6 Å². The molecule has 1 aliphatic rings. The van der Waals surface area contributed by atoms with Crippen molar-refractivity contribution in [3.05, 3.63) is 51.5 Å². The Hall–Kier alpha value is -1.23. The van der Waals surface area contributed by atoms with Crippen molar-refractivity contribution in [3.8, 4) is 0 Å². The molecule has 0 bridgehead atoms. The molecule has 3 nitrogen and oxygen atoms in total. The van der Waals surface area contributed by atoms with Gasteiger partial charge in [0.1, 0.15) is 0 Å². The van der Waals surface area contributed by atoms with Crippen LogP contribution in [0.5, 0.6) is 0 Å². The maximum atomic E-state index is 4.49. The number of rotatable bonds is 5. The summed E-state index contributed by atoms with van der Waals surface area (Å²) in [6.45, 7) is 8.72. The number of thiophene rings is 1. The standard InChI is InChI=1S/C18H25N3S/c1-14(2)20(3)11-15-9-19-10-16-12-21(7-6-18(15)16)13-17-5-4-8-22-17/h4-5,8-10,14H,6-7,11-13H2,1-3H3. The molecule has 3 heterocycles. The smallest absolute Gasteiger partial charge is 0.0331 e. The van der Waals surface area contributed by atoms with Gasteiger partial charge in [0, 0.05) is 49.5 Å². The molecule has 0 fully saturated rings. The Morgan fingerprint density at radius 1 is 1.36 bits per heavy atom. The quantitative estimate of drug-likeness (QED) is 0.841. The highest BCUT2D eigenvalue weighted by Gasteiger charge is 2.20. The fourth-order valence-corrected chi connectivity index (χ4v) is 3.72. The maximum Gasteiger partial charge on any atom is 0.0331 e. The van der Waals surface area contributed by atoms with Crippen LogP contribution >= 0.6 is 11.3 Å². The zero-order chi connectivity index (χ0) is 15.5. The van der Waals surface area contributed by atoms with Gasteiger partial charge in [-0.2, -0.15) is 0 Å². The molecule has 2 aromatic heterocycles. The molecule has 0 aromatic carbocycles. The third-order valence-corrected chi connectivity index (χ3v) is 5.43. The molecule has 22 heavy (non-hydrogen) atoms. The van der Waals surface area contributed by atoms with Crippen molar-refractivity contribution in [2.45, 2.75) is 45.9 Å². The lowest BCUT2D eigenvalue weighted by Crippen LogP contribution is -2.32. The molecule has 2 aromatic rings. The van der Waals surface area contributed by atoms with E-state index in [1.165, 1.54) is 21.6 Å². The minimum absolute atomic E-state index is 0.565. The van der Waals surface area contributed by atoms with Crippen molar-refractivity contribution in [1.82, 2.24) is 14.8 Å². The van der Waals surface area contributed by atoms with Crippen LogP contribution in [0.15, 0.2) is 29.9 Å². The van der Waals surface area contributed by atoms with Gasteiger partial charge in [0.05, 0.1) is 0 Å². The molecule has 0 amide bonds. The molecule has 4 heteroatoms. The van der Waals surface area contributed by atoms with Gasteiger partial charge in [-0.3, -0.25) is 14.8 Å². The minimum Gasteiger partial charge on any atom is -0.300 e. The topological polar surface area (TPSA) is 19.4 Å². The molecule has 3 rings (SSSR count). The van der Waals surface area contributed by atoms with Crippen LogP contribution in [0.1, 0.15) is 35.4 Å². The Labute approximate surface area is 137 Å². The average Bonchev–Trinajstić information content (AvgIpc) is 3.00. The minimum atomic E-state index is 0.565. The van der Waals surface area contributed by atoms with Crippen LogP contribution < -0.4 is 0 Å². The molecular weight excluding hydrogens is 290 g/mol. The van der Waals surface area contributed by atoms with Gasteiger partial charge in [0.15, 0.2) is 0 Å². The lowest BCUT2D eigenvalue weighted by molar-refractivity contribution is 0.241. The van der Waals surface area contributed by atoms with Gasteiger partial charge in [-0.15, -0.1) is 11.3 Å². The first-order valence-corrected chi connectivity index (χ1v) is 8.91. The highest BCUT2D eigenvalue weighted by Crippen LogP contribution is 2.24. The number of aromatic nitrogens is 1. The molecule has 0 saturated heterocycles. The number of nitrogens with zero attached hydrogens (tertiary/aromatic N) is 3. The molecule has 0 radical (unpaired) electrons. The van der Waals surface area contributed by atoms with Gasteiger partial charge in [0.2, 0.25) is 0 Å². The number of pyridine rings is 1. The molecular formula is C18H25N3S. The van der Waals surface area contributed by atoms with Gasteiger partial charge < -0.3 is 0 Å². The van der Waals surface area contributed by atoms with Gasteiger partial charge >= 0.3 is 0 Å². The fourth-order valence-electron chi connectivity index (χ4n) is 2.97. The summed E-state index contributed by atoms with van der Waals surface area (Å²) < 4.78 is 0. The molecule has 0 N–H and O–H groups in total. The van der Waals surface area contributed by atoms with Crippen LogP contribution in [0.25, 0.3) is 0 Å². The van der Waals surface area contributed by atoms with Gasteiger partial charge in [-0.1, -0.05) is 6.07 Å². The van der Waals surface area contributed by atoms with Crippen LogP contribution in [0.3, 0.4) is 0 Å². The van der Waals surface area contributed by atoms with E-state index < -0.39 is 0 Å². The Kier molecular flexibility index (Phi) is 4.91. The number of hydrogen-bond donors (Lipinski definition) is 0. The van der Waals surface area contributed by atoms with Crippen molar-refractivity contribution < 1.29 is 0 Å². The van der Waals surface area contributed by atoms with Crippen LogP contribution in [0, 0.1) is 0 Å². The van der Waals surface area contributed by atoms with Crippen LogP contribution in [-0.4, -0.2) is 34.4 Å². The third kappa shape index (κ3) is 3.57. The van der Waals surface area contributed by atoms with E-state index in [1.807, 2.05) is 11.3 Å². The van der Waals surface area contributed by atoms with E-state index in [9.17, 15) is 0 Å². The SMILES string of the molecule is CC(C)N(C)Cc1cncc2c1CCN(Cc1cccs1)C2. The predicted octanol–water partition coefficient (Wildman–Crippen LogP) is 3.54. The summed E-state index contributed by atoms with van der Waals surface area (Å²) in [5.41, 5.74) is 4.35. The predicted molar refractivity (Wildman–Crippen MR) is 93.0 cm³/mol. The Morgan fingerprint density at radius 2 is 2.23 bits per heavy atom. The van der Waals surface area contributed by atoms with E-state index in [1.54, 1.807) is 0 Å². The van der Waals surface area contributed by atoms with Gasteiger partial charge in [0.25, 0.3) is 0 Å². The summed E-state index contributed by atoms with van der Waals surface area (Å²) in [6, 6.07) is 4.93. The summed E-state index contributed by atoms with van der Waals surface area (Å²) in [4.78, 5) is 10.9. The van der Waals surface area contributed by atoms with Crippen molar-refractivity contribution >= 4 is 11.3 Å². The molecule has 0 aliphatic carbocycles. The molecule has 0 saturated carbocycles. The number of fused-ring (bicyclic) bond motifs is 1. The van der Waals surface area contributed by atoms with Gasteiger partial charge in [-0.25, -0.2) is 0 Å². The summed E-state index contributed by atoms with van der Waals surface area (Å²) >= 11 is 1.85. The van der Waals surface area contributed by atoms with Crippen molar-refractivity contribution in [2.75, 3.05) is 13.6 Å². The molecule has 118 valence electrons. The lowest BCUT2D eigenvalue weighted by atomic mass is 9.96. The van der Waals surface area contributed by atoms with E-state index >= 15 is 0 Å². The van der Waals surface area contributed by atoms with E-state index in [4.69, 9.17) is 0 Å². The first-order chi connectivity index (χ1) is 10.6. The lowest BCUT2D eigenvalue weighted by Gasteiger charge is -2.30. The molecule has 0 spiro atoms. The van der Waals surface area contributed by atoms with Crippen LogP contribution in [0.2, 0.25) is 0 Å². The summed E-state index contributed by atoms with van der Waals surface area (Å²) in [5, 5.41) is 2.16. The van der Waals surface area contributed by atoms with Gasteiger partial charge in [-0.05, 0) is 55.5 Å². The van der Waals surface area contributed by atoms with Crippen molar-refractivity contribution in [2.24, 2.45) is 0 Å². The second-order valence-electron chi connectivity index (χ2n) is 6.49. The first-order valence-electron chi connectivity index (χ1n) is 8.03. The zero-order valence-electron chi connectivity index (χ0n) is 13.7. The second kappa shape index (κ2) is 6.90. The largest absolute Gasteiger partial charge is 0.300 e.